The predicted molar refractivity (Wildman–Crippen MR) is 134 cm³/mol. The van der Waals surface area contributed by atoms with Gasteiger partial charge in [0.05, 0.1) is 12.2 Å². The largest absolute Gasteiger partial charge is 0.407 e. The van der Waals surface area contributed by atoms with Gasteiger partial charge in [-0.25, -0.2) is 0 Å². The molecule has 2 aromatic rings. The zero-order valence-corrected chi connectivity index (χ0v) is 21.5. The summed E-state index contributed by atoms with van der Waals surface area (Å²) in [5.41, 5.74) is 0. The second-order valence-corrected chi connectivity index (χ2v) is 14.9. The summed E-state index contributed by atoms with van der Waals surface area (Å²) in [7, 11) is -2.55. The third-order valence-corrected chi connectivity index (χ3v) is 11.1. The van der Waals surface area contributed by atoms with Crippen LogP contribution in [0.2, 0.25) is 5.04 Å². The van der Waals surface area contributed by atoms with E-state index in [0.717, 1.165) is 4.48 Å². The zero-order chi connectivity index (χ0) is 22.5. The normalized spacial score (nSPS) is 20.7. The van der Waals surface area contributed by atoms with Crippen molar-refractivity contribution in [2.45, 2.75) is 64.2 Å². The number of hydrogen-bond donors (Lipinski definition) is 0. The summed E-state index contributed by atoms with van der Waals surface area (Å²) >= 11 is 3.45. The van der Waals surface area contributed by atoms with E-state index in [1.807, 2.05) is 13.0 Å². The van der Waals surface area contributed by atoms with Gasteiger partial charge in [0.15, 0.2) is 0 Å². The molecule has 1 heterocycles. The van der Waals surface area contributed by atoms with Gasteiger partial charge in [-0.15, -0.1) is 0 Å². The number of carbonyl (C=O) groups is 1. The lowest BCUT2D eigenvalue weighted by Gasteiger charge is -2.43. The van der Waals surface area contributed by atoms with Gasteiger partial charge < -0.3 is 9.16 Å². The Morgan fingerprint density at radius 3 is 2.10 bits per heavy atom. The molecule has 31 heavy (non-hydrogen) atoms. The highest BCUT2D eigenvalue weighted by atomic mass is 79.9. The van der Waals surface area contributed by atoms with Crippen LogP contribution in [0.3, 0.4) is 0 Å². The second-order valence-electron chi connectivity index (χ2n) is 9.30. The molecule has 0 aromatic heterocycles. The van der Waals surface area contributed by atoms with Crippen LogP contribution in [0.25, 0.3) is 0 Å². The fourth-order valence-corrected chi connectivity index (χ4v) is 9.41. The van der Waals surface area contributed by atoms with Crippen molar-refractivity contribution in [2.24, 2.45) is 0 Å². The minimum atomic E-state index is -2.55. The minimum Gasteiger partial charge on any atom is -0.407 e. The number of carbonyl (C=O) groups excluding carboxylic acids is 1. The first-order valence-corrected chi connectivity index (χ1v) is 13.7. The van der Waals surface area contributed by atoms with E-state index >= 15 is 0 Å². The molecule has 0 N–H and O–H groups in total. The van der Waals surface area contributed by atoms with Gasteiger partial charge in [-0.05, 0) is 39.3 Å². The molecule has 1 fully saturated rings. The van der Waals surface area contributed by atoms with Gasteiger partial charge in [-0.2, -0.15) is 0 Å². The standard InChI is InChI=1S/C26H33BrO3Si/c1-20(27)17-23-19-21(28)18-22(30-23)15-16-29-31(26(2,3)4,24-11-7-5-8-12-24)25-13-9-6-10-14-25/h5-14,17,22-23H,15-16,18-19H2,1-4H3/b20-17+/t22-,23+/m1/s1. The monoisotopic (exact) mass is 500 g/mol. The van der Waals surface area contributed by atoms with Gasteiger partial charge >= 0.3 is 0 Å². The van der Waals surface area contributed by atoms with Crippen molar-refractivity contribution in [3.63, 3.8) is 0 Å². The summed E-state index contributed by atoms with van der Waals surface area (Å²) in [6, 6.07) is 21.3. The summed E-state index contributed by atoms with van der Waals surface area (Å²) in [5, 5.41) is 2.48. The van der Waals surface area contributed by atoms with E-state index in [0.29, 0.717) is 25.9 Å². The van der Waals surface area contributed by atoms with Crippen molar-refractivity contribution in [3.8, 4) is 0 Å². The summed E-state index contributed by atoms with van der Waals surface area (Å²) in [4.78, 5) is 12.3. The molecule has 5 heteroatoms. The molecule has 1 aliphatic heterocycles. The van der Waals surface area contributed by atoms with Crippen molar-refractivity contribution < 1.29 is 14.0 Å². The lowest BCUT2D eigenvalue weighted by Crippen LogP contribution is -2.66. The lowest BCUT2D eigenvalue weighted by molar-refractivity contribution is -0.133. The molecule has 3 rings (SSSR count). The van der Waals surface area contributed by atoms with Crippen molar-refractivity contribution in [3.05, 3.63) is 71.2 Å². The van der Waals surface area contributed by atoms with Crippen molar-refractivity contribution in [1.82, 2.24) is 0 Å². The van der Waals surface area contributed by atoms with E-state index in [9.17, 15) is 4.79 Å². The summed E-state index contributed by atoms with van der Waals surface area (Å²) < 4.78 is 14.1. The summed E-state index contributed by atoms with van der Waals surface area (Å²) in [6.45, 7) is 9.36. The number of ketones is 1. The number of halogens is 1. The van der Waals surface area contributed by atoms with E-state index < -0.39 is 8.32 Å². The first-order chi connectivity index (χ1) is 14.7. The van der Waals surface area contributed by atoms with E-state index in [-0.39, 0.29) is 23.0 Å². The van der Waals surface area contributed by atoms with E-state index in [4.69, 9.17) is 9.16 Å². The van der Waals surface area contributed by atoms with Gasteiger partial charge in [-0.3, -0.25) is 4.79 Å². The number of Topliss-reactive ketones (excluding diaryl/α,β-unsaturated/α-hetero) is 1. The molecule has 1 aliphatic rings. The third-order valence-electron chi connectivity index (χ3n) is 5.84. The highest BCUT2D eigenvalue weighted by molar-refractivity contribution is 9.11. The first-order valence-electron chi connectivity index (χ1n) is 11.0. The van der Waals surface area contributed by atoms with Gasteiger partial charge in [0.1, 0.15) is 5.78 Å². The molecular formula is C26H33BrO3Si. The van der Waals surface area contributed by atoms with Crippen molar-refractivity contribution in [1.29, 1.82) is 0 Å². The van der Waals surface area contributed by atoms with Crippen LogP contribution in [0.5, 0.6) is 0 Å². The molecule has 0 bridgehead atoms. The Morgan fingerprint density at radius 1 is 1.06 bits per heavy atom. The van der Waals surface area contributed by atoms with E-state index in [1.165, 1.54) is 10.4 Å². The van der Waals surface area contributed by atoms with E-state index in [1.54, 1.807) is 0 Å². The highest BCUT2D eigenvalue weighted by Crippen LogP contribution is 2.37. The second kappa shape index (κ2) is 10.4. The molecule has 0 radical (unpaired) electrons. The number of hydrogen-bond acceptors (Lipinski definition) is 3. The number of ether oxygens (including phenoxy) is 1. The number of rotatable bonds is 7. The molecule has 2 aromatic carbocycles. The fraction of sp³-hybridized carbons (Fsp3) is 0.423. The van der Waals surface area contributed by atoms with Crippen molar-refractivity contribution >= 4 is 40.4 Å². The zero-order valence-electron chi connectivity index (χ0n) is 18.9. The van der Waals surface area contributed by atoms with Crippen LogP contribution in [0, 0.1) is 0 Å². The molecule has 0 unspecified atom stereocenters. The molecule has 2 atom stereocenters. The minimum absolute atomic E-state index is 0.0582. The SMILES string of the molecule is C/C(Br)=C\[C@H]1CC(=O)C[C@@H](CCO[Si](c2ccccc2)(c2ccccc2)C(C)(C)C)O1. The molecule has 1 saturated heterocycles. The maximum absolute atomic E-state index is 12.3. The molecule has 166 valence electrons. The van der Waals surface area contributed by atoms with Crippen LogP contribution < -0.4 is 10.4 Å². The van der Waals surface area contributed by atoms with Crippen LogP contribution in [0.1, 0.15) is 47.0 Å². The van der Waals surface area contributed by atoms with Crippen LogP contribution >= 0.6 is 15.9 Å². The molecule has 3 nitrogen and oxygen atoms in total. The first kappa shape index (κ1) is 24.1. The Bertz CT molecular complexity index is 846. The third kappa shape index (κ3) is 5.83. The Balaban J connectivity index is 1.85. The Kier molecular flexibility index (Phi) is 8.08. The molecule has 0 amide bonds. The maximum Gasteiger partial charge on any atom is 0.261 e. The van der Waals surface area contributed by atoms with Crippen LogP contribution in [0.15, 0.2) is 71.2 Å². The van der Waals surface area contributed by atoms with Gasteiger partial charge in [0.25, 0.3) is 8.32 Å². The van der Waals surface area contributed by atoms with Crippen LogP contribution in [-0.4, -0.2) is 32.9 Å². The average Bonchev–Trinajstić information content (AvgIpc) is 2.71. The Labute approximate surface area is 196 Å². The molecule has 0 aliphatic carbocycles. The summed E-state index contributed by atoms with van der Waals surface area (Å²) in [6.07, 6.45) is 3.35. The van der Waals surface area contributed by atoms with Crippen LogP contribution in [0.4, 0.5) is 0 Å². The quantitative estimate of drug-likeness (QED) is 0.479. The number of benzene rings is 2. The highest BCUT2D eigenvalue weighted by Gasteiger charge is 2.50. The number of allylic oxidation sites excluding steroid dienone is 1. The smallest absolute Gasteiger partial charge is 0.261 e. The van der Waals surface area contributed by atoms with Crippen LogP contribution in [-0.2, 0) is 14.0 Å². The average molecular weight is 502 g/mol. The fourth-order valence-electron chi connectivity index (χ4n) is 4.53. The van der Waals surface area contributed by atoms with Gasteiger partial charge in [0, 0.05) is 19.4 Å². The molecule has 0 saturated carbocycles. The van der Waals surface area contributed by atoms with Crippen molar-refractivity contribution in [2.75, 3.05) is 6.61 Å². The lowest BCUT2D eigenvalue weighted by atomic mass is 10.0. The predicted octanol–water partition coefficient (Wildman–Crippen LogP) is 5.37. The molecular weight excluding hydrogens is 468 g/mol. The Morgan fingerprint density at radius 2 is 1.61 bits per heavy atom. The van der Waals surface area contributed by atoms with E-state index in [2.05, 4.69) is 97.4 Å². The summed E-state index contributed by atoms with van der Waals surface area (Å²) in [5.74, 6) is 0.261. The van der Waals surface area contributed by atoms with Gasteiger partial charge in [0.2, 0.25) is 0 Å². The maximum atomic E-state index is 12.3. The topological polar surface area (TPSA) is 35.5 Å². The molecule has 0 spiro atoms. The van der Waals surface area contributed by atoms with Gasteiger partial charge in [-0.1, -0.05) is 97.4 Å². The Hall–Kier alpha value is -1.53.